The van der Waals surface area contributed by atoms with Crippen molar-refractivity contribution >= 4 is 17.7 Å². The zero-order valence-corrected chi connectivity index (χ0v) is 14.6. The van der Waals surface area contributed by atoms with Gasteiger partial charge < -0.3 is 9.88 Å². The smallest absolute Gasteiger partial charge is 0.266 e. The zero-order valence-electron chi connectivity index (χ0n) is 14.6. The average Bonchev–Trinajstić information content (AvgIpc) is 2.80. The van der Waals surface area contributed by atoms with Crippen molar-refractivity contribution in [3.05, 3.63) is 58.9 Å². The summed E-state index contributed by atoms with van der Waals surface area (Å²) >= 11 is 0. The van der Waals surface area contributed by atoms with Crippen molar-refractivity contribution in [3.63, 3.8) is 0 Å². The first-order valence-corrected chi connectivity index (χ1v) is 8.07. The maximum absolute atomic E-state index is 12.3. The number of rotatable bonds is 5. The number of nitrogens with zero attached hydrogens (tertiary/aromatic N) is 2. The molecule has 1 heterocycles. The molecule has 0 aliphatic carbocycles. The minimum absolute atomic E-state index is 0.101. The number of anilines is 1. The molecule has 0 fully saturated rings. The van der Waals surface area contributed by atoms with Crippen LogP contribution >= 0.6 is 0 Å². The van der Waals surface area contributed by atoms with Gasteiger partial charge in [0.2, 0.25) is 0 Å². The Hall–Kier alpha value is -2.80. The molecule has 0 saturated carbocycles. The number of benzene rings is 1. The van der Waals surface area contributed by atoms with Crippen LogP contribution in [0.3, 0.4) is 0 Å². The van der Waals surface area contributed by atoms with Crippen molar-refractivity contribution in [2.75, 3.05) is 5.32 Å². The van der Waals surface area contributed by atoms with Gasteiger partial charge in [0.25, 0.3) is 5.91 Å². The van der Waals surface area contributed by atoms with Gasteiger partial charge in [-0.2, -0.15) is 5.26 Å². The lowest BCUT2D eigenvalue weighted by molar-refractivity contribution is -0.112. The van der Waals surface area contributed by atoms with Crippen LogP contribution in [0.5, 0.6) is 0 Å². The molecule has 0 spiro atoms. The monoisotopic (exact) mass is 321 g/mol. The van der Waals surface area contributed by atoms with Crippen LogP contribution in [0.1, 0.15) is 30.8 Å². The summed E-state index contributed by atoms with van der Waals surface area (Å²) in [5.41, 5.74) is 3.89. The quantitative estimate of drug-likeness (QED) is 0.659. The van der Waals surface area contributed by atoms with Gasteiger partial charge in [0.05, 0.1) is 0 Å². The summed E-state index contributed by atoms with van der Waals surface area (Å²) in [4.78, 5) is 12.3. The van der Waals surface area contributed by atoms with Gasteiger partial charge in [-0.05, 0) is 49.6 Å². The molecule has 124 valence electrons. The third kappa shape index (κ3) is 4.14. The molecule has 1 aromatic carbocycles. The third-order valence-corrected chi connectivity index (χ3v) is 3.86. The van der Waals surface area contributed by atoms with E-state index in [1.807, 2.05) is 44.2 Å². The molecule has 2 rings (SSSR count). The first kappa shape index (κ1) is 17.6. The van der Waals surface area contributed by atoms with Gasteiger partial charge in [-0.25, -0.2) is 0 Å². The Balaban J connectivity index is 2.28. The van der Waals surface area contributed by atoms with Crippen molar-refractivity contribution in [1.29, 1.82) is 5.26 Å². The van der Waals surface area contributed by atoms with Crippen molar-refractivity contribution in [3.8, 4) is 6.07 Å². The standard InChI is InChI=1S/C20H23N3O/c1-14(2)13-23-15(3)10-17(16(23)4)11-18(12-21)20(24)22-19-8-6-5-7-9-19/h5-11,14H,13H2,1-4H3,(H,22,24). The Morgan fingerprint density at radius 2 is 1.96 bits per heavy atom. The van der Waals surface area contributed by atoms with Gasteiger partial charge in [-0.1, -0.05) is 32.0 Å². The van der Waals surface area contributed by atoms with E-state index in [-0.39, 0.29) is 5.57 Å². The molecule has 0 aliphatic rings. The summed E-state index contributed by atoms with van der Waals surface area (Å²) in [5.74, 6) is 0.140. The molecule has 1 N–H and O–H groups in total. The molecule has 0 radical (unpaired) electrons. The highest BCUT2D eigenvalue weighted by molar-refractivity contribution is 6.09. The highest BCUT2D eigenvalue weighted by atomic mass is 16.1. The second-order valence-corrected chi connectivity index (χ2v) is 6.32. The predicted molar refractivity (Wildman–Crippen MR) is 97.4 cm³/mol. The first-order valence-electron chi connectivity index (χ1n) is 8.07. The van der Waals surface area contributed by atoms with E-state index >= 15 is 0 Å². The van der Waals surface area contributed by atoms with Crippen LogP contribution < -0.4 is 5.32 Å². The van der Waals surface area contributed by atoms with Gasteiger partial charge in [0, 0.05) is 23.6 Å². The van der Waals surface area contributed by atoms with Crippen LogP contribution in [0.25, 0.3) is 6.08 Å². The van der Waals surface area contributed by atoms with Gasteiger partial charge in [-0.15, -0.1) is 0 Å². The molecular weight excluding hydrogens is 298 g/mol. The maximum Gasteiger partial charge on any atom is 0.266 e. The Morgan fingerprint density at radius 3 is 2.54 bits per heavy atom. The SMILES string of the molecule is Cc1cc(C=C(C#N)C(=O)Nc2ccccc2)c(C)n1CC(C)C. The van der Waals surface area contributed by atoms with Crippen LogP contribution in [0, 0.1) is 31.1 Å². The topological polar surface area (TPSA) is 57.8 Å². The van der Waals surface area contributed by atoms with Gasteiger partial charge in [0.1, 0.15) is 11.6 Å². The van der Waals surface area contributed by atoms with Crippen LogP contribution in [0.4, 0.5) is 5.69 Å². The molecule has 24 heavy (non-hydrogen) atoms. The van der Waals surface area contributed by atoms with Gasteiger partial charge in [-0.3, -0.25) is 4.79 Å². The average molecular weight is 321 g/mol. The Morgan fingerprint density at radius 1 is 1.29 bits per heavy atom. The zero-order chi connectivity index (χ0) is 17.7. The third-order valence-electron chi connectivity index (χ3n) is 3.86. The van der Waals surface area contributed by atoms with Crippen molar-refractivity contribution in [1.82, 2.24) is 4.57 Å². The Kier molecular flexibility index (Phi) is 5.59. The number of nitrogens with one attached hydrogen (secondary N) is 1. The van der Waals surface area contributed by atoms with Crippen LogP contribution in [0.15, 0.2) is 42.0 Å². The summed E-state index contributed by atoms with van der Waals surface area (Å²) in [7, 11) is 0. The lowest BCUT2D eigenvalue weighted by Crippen LogP contribution is -2.13. The second kappa shape index (κ2) is 7.65. The molecule has 4 nitrogen and oxygen atoms in total. The van der Waals surface area contributed by atoms with Crippen molar-refractivity contribution in [2.45, 2.75) is 34.2 Å². The molecular formula is C20H23N3O. The van der Waals surface area contributed by atoms with Crippen LogP contribution in [0.2, 0.25) is 0 Å². The number of hydrogen-bond donors (Lipinski definition) is 1. The molecule has 0 bridgehead atoms. The summed E-state index contributed by atoms with van der Waals surface area (Å²) in [6.07, 6.45) is 1.66. The summed E-state index contributed by atoms with van der Waals surface area (Å²) in [6, 6.07) is 13.2. The van der Waals surface area contributed by atoms with E-state index < -0.39 is 5.91 Å². The molecule has 4 heteroatoms. The largest absolute Gasteiger partial charge is 0.348 e. The summed E-state index contributed by atoms with van der Waals surface area (Å²) < 4.78 is 2.22. The van der Waals surface area contributed by atoms with Gasteiger partial charge >= 0.3 is 0 Å². The van der Waals surface area contributed by atoms with E-state index in [0.717, 1.165) is 23.5 Å². The molecule has 0 saturated heterocycles. The number of carbonyl (C=O) groups excluding carboxylic acids is 1. The number of nitriles is 1. The molecule has 0 unspecified atom stereocenters. The fourth-order valence-electron chi connectivity index (χ4n) is 2.64. The predicted octanol–water partition coefficient (Wildman–Crippen LogP) is 4.31. The number of amides is 1. The number of para-hydroxylation sites is 1. The first-order chi connectivity index (χ1) is 11.4. The molecule has 2 aromatic rings. The summed E-state index contributed by atoms with van der Waals surface area (Å²) in [6.45, 7) is 9.32. The maximum atomic E-state index is 12.3. The van der Waals surface area contributed by atoms with E-state index in [1.165, 1.54) is 0 Å². The Labute approximate surface area is 143 Å². The molecule has 0 aliphatic heterocycles. The number of carbonyl (C=O) groups is 1. The highest BCUT2D eigenvalue weighted by Gasteiger charge is 2.13. The van der Waals surface area contributed by atoms with Crippen molar-refractivity contribution < 1.29 is 4.79 Å². The van der Waals surface area contributed by atoms with E-state index in [9.17, 15) is 10.1 Å². The molecule has 1 aromatic heterocycles. The fraction of sp³-hybridized carbons (Fsp3) is 0.300. The van der Waals surface area contributed by atoms with E-state index in [1.54, 1.807) is 18.2 Å². The second-order valence-electron chi connectivity index (χ2n) is 6.32. The van der Waals surface area contributed by atoms with Crippen LogP contribution in [-0.4, -0.2) is 10.5 Å². The van der Waals surface area contributed by atoms with Crippen LogP contribution in [-0.2, 0) is 11.3 Å². The van der Waals surface area contributed by atoms with E-state index in [2.05, 4.69) is 23.7 Å². The van der Waals surface area contributed by atoms with E-state index in [0.29, 0.717) is 11.6 Å². The lowest BCUT2D eigenvalue weighted by Gasteiger charge is -2.12. The minimum atomic E-state index is -0.391. The Bertz CT molecular complexity index is 792. The number of hydrogen-bond acceptors (Lipinski definition) is 2. The lowest BCUT2D eigenvalue weighted by atomic mass is 10.1. The number of aryl methyl sites for hydroxylation is 1. The minimum Gasteiger partial charge on any atom is -0.348 e. The highest BCUT2D eigenvalue weighted by Crippen LogP contribution is 2.20. The molecule has 0 atom stereocenters. The summed E-state index contributed by atoms with van der Waals surface area (Å²) in [5, 5.41) is 12.1. The fourth-order valence-corrected chi connectivity index (χ4v) is 2.64. The number of aromatic nitrogens is 1. The van der Waals surface area contributed by atoms with E-state index in [4.69, 9.17) is 0 Å². The van der Waals surface area contributed by atoms with Crippen molar-refractivity contribution in [2.24, 2.45) is 5.92 Å². The molecule has 1 amide bonds. The normalized spacial score (nSPS) is 11.4. The van der Waals surface area contributed by atoms with Gasteiger partial charge in [0.15, 0.2) is 0 Å².